The van der Waals surface area contributed by atoms with Crippen LogP contribution in [0.5, 0.6) is 0 Å². The lowest BCUT2D eigenvalue weighted by Crippen LogP contribution is -2.42. The third-order valence-corrected chi connectivity index (χ3v) is 1.40. The molecule has 0 fully saturated rings. The molecule has 0 saturated heterocycles. The molecule has 0 radical (unpaired) electrons. The lowest BCUT2D eigenvalue weighted by Gasteiger charge is -2.20. The molecule has 0 heterocycles. The van der Waals surface area contributed by atoms with Gasteiger partial charge in [0.05, 0.1) is 12.6 Å². The Kier molecular flexibility index (Phi) is 4.56. The Morgan fingerprint density at radius 1 is 1.43 bits per heavy atom. The van der Waals surface area contributed by atoms with Crippen molar-refractivity contribution in [1.29, 1.82) is 0 Å². The van der Waals surface area contributed by atoms with E-state index in [1.807, 2.05) is 0 Å². The predicted octanol–water partition coefficient (Wildman–Crippen LogP) is -0.208. The van der Waals surface area contributed by atoms with E-state index in [-0.39, 0.29) is 6.54 Å². The lowest BCUT2D eigenvalue weighted by atomic mass is 10.2. The molecule has 5 heteroatoms. The molecule has 0 aromatic carbocycles. The van der Waals surface area contributed by atoms with Crippen LogP contribution in [0.2, 0.25) is 0 Å². The Morgan fingerprint density at radius 3 is 2.29 bits per heavy atom. The summed E-state index contributed by atoms with van der Waals surface area (Å²) in [4.78, 5) is 21.8. The maximum absolute atomic E-state index is 11.1. The third-order valence-electron chi connectivity index (χ3n) is 1.40. The van der Waals surface area contributed by atoms with Crippen molar-refractivity contribution in [2.75, 3.05) is 6.54 Å². The van der Waals surface area contributed by atoms with Gasteiger partial charge in [-0.25, -0.2) is 0 Å². The first-order chi connectivity index (χ1) is 6.22. The SMILES string of the molecule is C[C@@H](NCC(=O)OC(C)(C)C)C(N)=O. The summed E-state index contributed by atoms with van der Waals surface area (Å²) >= 11 is 0. The summed E-state index contributed by atoms with van der Waals surface area (Å²) < 4.78 is 5.01. The highest BCUT2D eigenvalue weighted by Crippen LogP contribution is 2.06. The van der Waals surface area contributed by atoms with Crippen molar-refractivity contribution < 1.29 is 14.3 Å². The number of esters is 1. The zero-order valence-electron chi connectivity index (χ0n) is 9.09. The smallest absolute Gasteiger partial charge is 0.320 e. The van der Waals surface area contributed by atoms with Gasteiger partial charge in [0.15, 0.2) is 0 Å². The zero-order valence-corrected chi connectivity index (χ0v) is 9.09. The maximum Gasteiger partial charge on any atom is 0.320 e. The van der Waals surface area contributed by atoms with Crippen molar-refractivity contribution in [3.63, 3.8) is 0 Å². The molecule has 14 heavy (non-hydrogen) atoms. The summed E-state index contributed by atoms with van der Waals surface area (Å²) in [5, 5.41) is 2.66. The molecule has 0 spiro atoms. The van der Waals surface area contributed by atoms with Crippen molar-refractivity contribution in [2.24, 2.45) is 5.73 Å². The molecule has 0 unspecified atom stereocenters. The highest BCUT2D eigenvalue weighted by Gasteiger charge is 2.17. The van der Waals surface area contributed by atoms with E-state index in [2.05, 4.69) is 5.32 Å². The Hall–Kier alpha value is -1.10. The number of hydrogen-bond acceptors (Lipinski definition) is 4. The molecule has 0 aliphatic rings. The number of nitrogens with one attached hydrogen (secondary N) is 1. The number of rotatable bonds is 4. The van der Waals surface area contributed by atoms with Crippen molar-refractivity contribution >= 4 is 11.9 Å². The average Bonchev–Trinajstić information content (AvgIpc) is 1.96. The minimum atomic E-state index is -0.525. The van der Waals surface area contributed by atoms with Crippen molar-refractivity contribution in [1.82, 2.24) is 5.32 Å². The summed E-state index contributed by atoms with van der Waals surface area (Å²) in [6, 6.07) is -0.525. The maximum atomic E-state index is 11.1. The average molecular weight is 202 g/mol. The van der Waals surface area contributed by atoms with Crippen LogP contribution in [0.15, 0.2) is 0 Å². The van der Waals surface area contributed by atoms with Crippen LogP contribution in [-0.4, -0.2) is 30.1 Å². The number of amides is 1. The molecule has 5 nitrogen and oxygen atoms in total. The van der Waals surface area contributed by atoms with Crippen LogP contribution < -0.4 is 11.1 Å². The minimum absolute atomic E-state index is 0.0125. The highest BCUT2D eigenvalue weighted by molar-refractivity contribution is 5.80. The van der Waals surface area contributed by atoms with Crippen LogP contribution in [0, 0.1) is 0 Å². The number of primary amides is 1. The molecule has 1 amide bonds. The van der Waals surface area contributed by atoms with E-state index in [0.717, 1.165) is 0 Å². The second-order valence-corrected chi connectivity index (χ2v) is 4.09. The molecule has 0 rings (SSSR count). The highest BCUT2D eigenvalue weighted by atomic mass is 16.6. The topological polar surface area (TPSA) is 81.4 Å². The van der Waals surface area contributed by atoms with Gasteiger partial charge in [0.2, 0.25) is 5.91 Å². The van der Waals surface area contributed by atoms with Gasteiger partial charge >= 0.3 is 5.97 Å². The molecule has 0 aliphatic carbocycles. The zero-order chi connectivity index (χ0) is 11.4. The number of carbonyl (C=O) groups is 2. The molecule has 0 bridgehead atoms. The van der Waals surface area contributed by atoms with Crippen molar-refractivity contribution in [3.05, 3.63) is 0 Å². The Balaban J connectivity index is 3.81. The number of hydrogen-bond donors (Lipinski definition) is 2. The van der Waals surface area contributed by atoms with E-state index in [1.54, 1.807) is 27.7 Å². The van der Waals surface area contributed by atoms with Crippen LogP contribution in [0.25, 0.3) is 0 Å². The molecule has 0 aliphatic heterocycles. The second kappa shape index (κ2) is 4.95. The van der Waals surface area contributed by atoms with Gasteiger partial charge in [-0.1, -0.05) is 0 Å². The van der Waals surface area contributed by atoms with Crippen molar-refractivity contribution in [3.8, 4) is 0 Å². The van der Waals surface area contributed by atoms with Crippen LogP contribution >= 0.6 is 0 Å². The predicted molar refractivity (Wildman–Crippen MR) is 52.5 cm³/mol. The van der Waals surface area contributed by atoms with Gasteiger partial charge in [-0.2, -0.15) is 0 Å². The largest absolute Gasteiger partial charge is 0.459 e. The van der Waals surface area contributed by atoms with Crippen LogP contribution in [0.3, 0.4) is 0 Å². The van der Waals surface area contributed by atoms with E-state index in [0.29, 0.717) is 0 Å². The summed E-state index contributed by atoms with van der Waals surface area (Å²) in [7, 11) is 0. The fourth-order valence-electron chi connectivity index (χ4n) is 0.715. The Labute approximate surface area is 84.0 Å². The Bertz CT molecular complexity index is 221. The number of carbonyl (C=O) groups excluding carboxylic acids is 2. The monoisotopic (exact) mass is 202 g/mol. The summed E-state index contributed by atoms with van der Waals surface area (Å²) in [6.45, 7) is 6.92. The molecular weight excluding hydrogens is 184 g/mol. The van der Waals surface area contributed by atoms with Gasteiger partial charge in [0.1, 0.15) is 5.60 Å². The molecule has 0 aromatic heterocycles. The standard InChI is InChI=1S/C9H18N2O3/c1-6(8(10)13)11-5-7(12)14-9(2,3)4/h6,11H,5H2,1-4H3,(H2,10,13)/t6-/m1/s1. The normalized spacial score (nSPS) is 13.4. The van der Waals surface area contributed by atoms with Crippen LogP contribution in [0.1, 0.15) is 27.7 Å². The molecular formula is C9H18N2O3. The van der Waals surface area contributed by atoms with E-state index in [9.17, 15) is 9.59 Å². The second-order valence-electron chi connectivity index (χ2n) is 4.09. The van der Waals surface area contributed by atoms with Crippen molar-refractivity contribution in [2.45, 2.75) is 39.3 Å². The van der Waals surface area contributed by atoms with E-state index in [1.165, 1.54) is 0 Å². The lowest BCUT2D eigenvalue weighted by molar-refractivity contribution is -0.153. The number of nitrogens with two attached hydrogens (primary N) is 1. The quantitative estimate of drug-likeness (QED) is 0.618. The van der Waals surface area contributed by atoms with Gasteiger partial charge in [-0.05, 0) is 27.7 Å². The summed E-state index contributed by atoms with van der Waals surface area (Å²) in [5.41, 5.74) is 4.49. The van der Waals surface area contributed by atoms with Gasteiger partial charge in [-0.3, -0.25) is 14.9 Å². The van der Waals surface area contributed by atoms with Gasteiger partial charge in [-0.15, -0.1) is 0 Å². The first-order valence-corrected chi connectivity index (χ1v) is 4.47. The van der Waals surface area contributed by atoms with E-state index in [4.69, 9.17) is 10.5 Å². The van der Waals surface area contributed by atoms with E-state index >= 15 is 0 Å². The molecule has 0 saturated carbocycles. The van der Waals surface area contributed by atoms with Gasteiger partial charge in [0.25, 0.3) is 0 Å². The first-order valence-electron chi connectivity index (χ1n) is 4.47. The van der Waals surface area contributed by atoms with Crippen LogP contribution in [0.4, 0.5) is 0 Å². The third kappa shape index (κ3) is 6.42. The fraction of sp³-hybridized carbons (Fsp3) is 0.778. The van der Waals surface area contributed by atoms with Gasteiger partial charge in [0, 0.05) is 0 Å². The molecule has 1 atom stereocenters. The van der Waals surface area contributed by atoms with Gasteiger partial charge < -0.3 is 10.5 Å². The summed E-state index contributed by atoms with van der Waals surface area (Å²) in [6.07, 6.45) is 0. The fourth-order valence-corrected chi connectivity index (χ4v) is 0.715. The Morgan fingerprint density at radius 2 is 1.93 bits per heavy atom. The molecule has 3 N–H and O–H groups in total. The molecule has 82 valence electrons. The minimum Gasteiger partial charge on any atom is -0.459 e. The first kappa shape index (κ1) is 12.9. The number of ether oxygens (including phenoxy) is 1. The summed E-state index contributed by atoms with van der Waals surface area (Å²) in [5.74, 6) is -0.890. The van der Waals surface area contributed by atoms with Crippen LogP contribution in [-0.2, 0) is 14.3 Å². The van der Waals surface area contributed by atoms with E-state index < -0.39 is 23.5 Å². The molecule has 0 aromatic rings.